The van der Waals surface area contributed by atoms with Crippen molar-refractivity contribution in [1.82, 2.24) is 15.5 Å². The van der Waals surface area contributed by atoms with E-state index in [-0.39, 0.29) is 12.5 Å². The molecule has 9 nitrogen and oxygen atoms in total. The van der Waals surface area contributed by atoms with Crippen LogP contribution in [0.25, 0.3) is 0 Å². The zero-order valence-corrected chi connectivity index (χ0v) is 23.9. The number of nitrogens with zero attached hydrogens (tertiary/aromatic N) is 1. The van der Waals surface area contributed by atoms with Gasteiger partial charge in [-0.2, -0.15) is 0 Å². The second-order valence-electron chi connectivity index (χ2n) is 10.9. The van der Waals surface area contributed by atoms with Crippen molar-refractivity contribution in [2.45, 2.75) is 57.2 Å². The highest BCUT2D eigenvalue weighted by Gasteiger charge is 2.43. The SMILES string of the molecule is CC(C)C(NC(=O)C1CCCN1C(=O)C(NC(=O)OCc1ccccc1)C(c1ccccc1)c1ccccc1)B(O)O. The van der Waals surface area contributed by atoms with E-state index in [0.29, 0.717) is 19.4 Å². The number of hydrogen-bond donors (Lipinski definition) is 4. The first kappa shape index (κ1) is 30.8. The molecule has 0 bridgehead atoms. The molecule has 4 rings (SSSR count). The van der Waals surface area contributed by atoms with Gasteiger partial charge in [-0.25, -0.2) is 4.79 Å². The molecule has 4 N–H and O–H groups in total. The number of likely N-dealkylation sites (tertiary alicyclic amines) is 1. The van der Waals surface area contributed by atoms with Gasteiger partial charge in [0.05, 0.1) is 5.94 Å². The Kier molecular flexibility index (Phi) is 10.8. The molecule has 220 valence electrons. The second kappa shape index (κ2) is 14.7. The molecule has 0 radical (unpaired) electrons. The van der Waals surface area contributed by atoms with Gasteiger partial charge in [-0.3, -0.25) is 9.59 Å². The van der Waals surface area contributed by atoms with Gasteiger partial charge < -0.3 is 30.3 Å². The van der Waals surface area contributed by atoms with Crippen LogP contribution in [0.2, 0.25) is 0 Å². The summed E-state index contributed by atoms with van der Waals surface area (Å²) < 4.78 is 5.52. The molecule has 3 unspecified atom stereocenters. The summed E-state index contributed by atoms with van der Waals surface area (Å²) >= 11 is 0. The first-order valence-electron chi connectivity index (χ1n) is 14.3. The monoisotopic (exact) mass is 571 g/mol. The van der Waals surface area contributed by atoms with E-state index in [1.54, 1.807) is 13.8 Å². The molecule has 42 heavy (non-hydrogen) atoms. The van der Waals surface area contributed by atoms with E-state index in [4.69, 9.17) is 4.74 Å². The van der Waals surface area contributed by atoms with Gasteiger partial charge in [-0.1, -0.05) is 105 Å². The molecule has 1 heterocycles. The van der Waals surface area contributed by atoms with Gasteiger partial charge in [0.25, 0.3) is 0 Å². The van der Waals surface area contributed by atoms with E-state index >= 15 is 0 Å². The van der Waals surface area contributed by atoms with Crippen LogP contribution in [-0.4, -0.2) is 64.5 Å². The maximum Gasteiger partial charge on any atom is 0.475 e. The Hall–Kier alpha value is -4.15. The van der Waals surface area contributed by atoms with E-state index in [0.717, 1.165) is 16.7 Å². The minimum atomic E-state index is -1.74. The number of alkyl carbamates (subject to hydrolysis) is 1. The van der Waals surface area contributed by atoms with Crippen molar-refractivity contribution in [1.29, 1.82) is 0 Å². The van der Waals surface area contributed by atoms with E-state index in [9.17, 15) is 24.4 Å². The number of nitrogens with one attached hydrogen (secondary N) is 2. The molecule has 3 aromatic carbocycles. The van der Waals surface area contributed by atoms with Crippen LogP contribution in [0.3, 0.4) is 0 Å². The fraction of sp³-hybridized carbons (Fsp3) is 0.344. The fourth-order valence-corrected chi connectivity index (χ4v) is 5.41. The molecule has 1 fully saturated rings. The minimum Gasteiger partial charge on any atom is -0.445 e. The molecule has 3 amide bonds. The average molecular weight is 571 g/mol. The van der Waals surface area contributed by atoms with Gasteiger partial charge in [-0.05, 0) is 35.4 Å². The second-order valence-corrected chi connectivity index (χ2v) is 10.9. The Labute approximate surface area is 247 Å². The third-order valence-electron chi connectivity index (χ3n) is 7.59. The Morgan fingerprint density at radius 3 is 1.95 bits per heavy atom. The normalized spacial score (nSPS) is 16.1. The molecule has 3 aromatic rings. The third-order valence-corrected chi connectivity index (χ3v) is 7.59. The predicted molar refractivity (Wildman–Crippen MR) is 160 cm³/mol. The third kappa shape index (κ3) is 7.77. The molecule has 0 aliphatic carbocycles. The molecule has 1 aliphatic rings. The van der Waals surface area contributed by atoms with Crippen molar-refractivity contribution < 1.29 is 29.2 Å². The van der Waals surface area contributed by atoms with Crippen LogP contribution in [-0.2, 0) is 20.9 Å². The van der Waals surface area contributed by atoms with E-state index < -0.39 is 49.0 Å². The van der Waals surface area contributed by atoms with E-state index in [2.05, 4.69) is 10.6 Å². The van der Waals surface area contributed by atoms with Crippen LogP contribution in [0.4, 0.5) is 4.79 Å². The largest absolute Gasteiger partial charge is 0.475 e. The van der Waals surface area contributed by atoms with E-state index in [1.165, 1.54) is 4.90 Å². The van der Waals surface area contributed by atoms with Crippen LogP contribution in [0, 0.1) is 5.92 Å². The molecular weight excluding hydrogens is 533 g/mol. The summed E-state index contributed by atoms with van der Waals surface area (Å²) in [5, 5.41) is 25.1. The van der Waals surface area contributed by atoms with Gasteiger partial charge in [0.1, 0.15) is 18.7 Å². The van der Waals surface area contributed by atoms with Gasteiger partial charge >= 0.3 is 13.2 Å². The Balaban J connectivity index is 1.65. The highest BCUT2D eigenvalue weighted by atomic mass is 16.5. The van der Waals surface area contributed by atoms with E-state index in [1.807, 2.05) is 91.0 Å². The van der Waals surface area contributed by atoms with Crippen LogP contribution < -0.4 is 10.6 Å². The number of amides is 3. The number of ether oxygens (including phenoxy) is 1. The van der Waals surface area contributed by atoms with Gasteiger partial charge in [-0.15, -0.1) is 0 Å². The Bertz CT molecular complexity index is 1260. The van der Waals surface area contributed by atoms with Crippen molar-refractivity contribution in [3.8, 4) is 0 Å². The van der Waals surface area contributed by atoms with Gasteiger partial charge in [0, 0.05) is 12.5 Å². The predicted octanol–water partition coefficient (Wildman–Crippen LogP) is 3.26. The van der Waals surface area contributed by atoms with Crippen molar-refractivity contribution in [3.05, 3.63) is 108 Å². The summed E-state index contributed by atoms with van der Waals surface area (Å²) in [4.78, 5) is 42.4. The van der Waals surface area contributed by atoms with Crippen molar-refractivity contribution in [2.24, 2.45) is 5.92 Å². The molecule has 0 saturated carbocycles. The first-order valence-corrected chi connectivity index (χ1v) is 14.3. The highest BCUT2D eigenvalue weighted by Crippen LogP contribution is 2.31. The quantitative estimate of drug-likeness (QED) is 0.262. The Morgan fingerprint density at radius 2 is 1.43 bits per heavy atom. The number of hydrogen-bond acceptors (Lipinski definition) is 6. The molecule has 0 aromatic heterocycles. The molecule has 10 heteroatoms. The average Bonchev–Trinajstić information content (AvgIpc) is 3.50. The maximum atomic E-state index is 14.4. The molecule has 1 aliphatic heterocycles. The summed E-state index contributed by atoms with van der Waals surface area (Å²) in [7, 11) is -1.74. The first-order chi connectivity index (χ1) is 20.3. The van der Waals surface area contributed by atoms with Crippen LogP contribution >= 0.6 is 0 Å². The van der Waals surface area contributed by atoms with Crippen molar-refractivity contribution in [2.75, 3.05) is 6.54 Å². The maximum absolute atomic E-state index is 14.4. The topological polar surface area (TPSA) is 128 Å². The van der Waals surface area contributed by atoms with Gasteiger partial charge in [0.2, 0.25) is 11.8 Å². The summed E-state index contributed by atoms with van der Waals surface area (Å²) in [5.41, 5.74) is 2.43. The molecule has 3 atom stereocenters. The Morgan fingerprint density at radius 1 is 0.881 bits per heavy atom. The fourth-order valence-electron chi connectivity index (χ4n) is 5.41. The number of carbonyl (C=O) groups excluding carboxylic acids is 3. The minimum absolute atomic E-state index is 0.0315. The van der Waals surface area contributed by atoms with Crippen LogP contribution in [0.5, 0.6) is 0 Å². The smallest absolute Gasteiger partial charge is 0.445 e. The standard InChI is InChI=1S/C32H38BN3O6/c1-22(2)29(33(40)41)35-30(37)26-19-12-20-36(26)31(38)28(34-32(39)42-21-23-13-6-3-7-14-23)27(24-15-8-4-9-16-24)25-17-10-5-11-18-25/h3-11,13-18,22,26-29,40-41H,12,19-21H2,1-2H3,(H,34,39)(H,35,37). The zero-order valence-electron chi connectivity index (χ0n) is 23.9. The summed E-state index contributed by atoms with van der Waals surface area (Å²) in [6, 6.07) is 26.2. The van der Waals surface area contributed by atoms with Gasteiger partial charge in [0.15, 0.2) is 0 Å². The lowest BCUT2D eigenvalue weighted by molar-refractivity contribution is -0.140. The summed E-state index contributed by atoms with van der Waals surface area (Å²) in [6.45, 7) is 3.89. The van der Waals surface area contributed by atoms with Crippen molar-refractivity contribution >= 4 is 25.0 Å². The highest BCUT2D eigenvalue weighted by molar-refractivity contribution is 6.43. The molecule has 1 saturated heterocycles. The number of rotatable bonds is 11. The lowest BCUT2D eigenvalue weighted by Crippen LogP contribution is -2.58. The van der Waals surface area contributed by atoms with Crippen LogP contribution in [0.15, 0.2) is 91.0 Å². The van der Waals surface area contributed by atoms with Crippen molar-refractivity contribution in [3.63, 3.8) is 0 Å². The number of benzene rings is 3. The zero-order chi connectivity index (χ0) is 30.1. The lowest BCUT2D eigenvalue weighted by Gasteiger charge is -2.34. The number of carbonyl (C=O) groups is 3. The summed E-state index contributed by atoms with van der Waals surface area (Å²) in [5.74, 6) is -2.59. The molecule has 0 spiro atoms. The molecular formula is C32H38BN3O6. The summed E-state index contributed by atoms with van der Waals surface area (Å²) in [6.07, 6.45) is 0.249. The van der Waals surface area contributed by atoms with Crippen LogP contribution in [0.1, 0.15) is 49.3 Å². The lowest BCUT2D eigenvalue weighted by atomic mass is 9.73.